The van der Waals surface area contributed by atoms with Crippen LogP contribution in [0.25, 0.3) is 12.2 Å². The van der Waals surface area contributed by atoms with Crippen molar-refractivity contribution in [2.75, 3.05) is 18.0 Å². The van der Waals surface area contributed by atoms with Crippen LogP contribution >= 0.6 is 11.6 Å². The smallest absolute Gasteiger partial charge is 0.167 e. The van der Waals surface area contributed by atoms with Crippen molar-refractivity contribution in [3.63, 3.8) is 0 Å². The Kier molecular flexibility index (Phi) is 5.86. The van der Waals surface area contributed by atoms with E-state index in [2.05, 4.69) is 44.1 Å². The molecule has 3 heterocycles. The summed E-state index contributed by atoms with van der Waals surface area (Å²) in [5, 5.41) is 9.77. The van der Waals surface area contributed by atoms with Crippen molar-refractivity contribution in [3.8, 4) is 0 Å². The molecule has 1 fully saturated rings. The van der Waals surface area contributed by atoms with Crippen LogP contribution in [0.15, 0.2) is 42.7 Å². The van der Waals surface area contributed by atoms with Gasteiger partial charge in [-0.25, -0.2) is 19.3 Å². The molecule has 0 amide bonds. The molecule has 1 saturated heterocycles. The van der Waals surface area contributed by atoms with Crippen molar-refractivity contribution in [2.24, 2.45) is 11.1 Å². The number of aromatic nitrogens is 3. The molecule has 3 aromatic rings. The van der Waals surface area contributed by atoms with Gasteiger partial charge in [-0.2, -0.15) is 0 Å². The van der Waals surface area contributed by atoms with E-state index < -0.39 is 5.82 Å². The lowest BCUT2D eigenvalue weighted by Gasteiger charge is -2.42. The van der Waals surface area contributed by atoms with E-state index in [4.69, 9.17) is 17.3 Å². The standard InChI is InChI=1S/C25H25ClFN5O/c26-23-21(27)16(7-10-29-23)5-6-18-14-30-24(20(15-33)31-18)32-11-8-25(9-12-32)13-17-3-1-2-4-19(17)22(25)28/h1-7,10,14,22,33H,8-9,11-13,15,28H2/b6-5+/t22-/m1/s1. The van der Waals surface area contributed by atoms with Gasteiger partial charge in [-0.15, -0.1) is 0 Å². The molecule has 2 aromatic heterocycles. The van der Waals surface area contributed by atoms with Gasteiger partial charge in [0, 0.05) is 30.9 Å². The zero-order chi connectivity index (χ0) is 23.0. The molecule has 5 rings (SSSR count). The molecular weight excluding hydrogens is 441 g/mol. The summed E-state index contributed by atoms with van der Waals surface area (Å²) in [6.07, 6.45) is 9.21. The summed E-state index contributed by atoms with van der Waals surface area (Å²) in [6, 6.07) is 10.1. The van der Waals surface area contributed by atoms with Gasteiger partial charge in [0.2, 0.25) is 0 Å². The molecule has 0 bridgehead atoms. The number of hydrogen-bond donors (Lipinski definition) is 2. The van der Waals surface area contributed by atoms with E-state index in [-0.39, 0.29) is 23.2 Å². The summed E-state index contributed by atoms with van der Waals surface area (Å²) >= 11 is 5.74. The minimum Gasteiger partial charge on any atom is -0.390 e. The fourth-order valence-corrected chi connectivity index (χ4v) is 5.26. The maximum absolute atomic E-state index is 14.1. The molecule has 1 aliphatic carbocycles. The predicted molar refractivity (Wildman–Crippen MR) is 127 cm³/mol. The molecule has 170 valence electrons. The van der Waals surface area contributed by atoms with Crippen LogP contribution in [0.4, 0.5) is 10.2 Å². The van der Waals surface area contributed by atoms with Gasteiger partial charge >= 0.3 is 0 Å². The van der Waals surface area contributed by atoms with Crippen LogP contribution in [-0.2, 0) is 13.0 Å². The van der Waals surface area contributed by atoms with Crippen molar-refractivity contribution in [1.82, 2.24) is 15.0 Å². The number of aliphatic hydroxyl groups excluding tert-OH is 1. The Labute approximate surface area is 197 Å². The number of pyridine rings is 1. The Morgan fingerprint density at radius 3 is 2.73 bits per heavy atom. The molecule has 1 aliphatic heterocycles. The zero-order valence-corrected chi connectivity index (χ0v) is 18.8. The van der Waals surface area contributed by atoms with Gasteiger partial charge < -0.3 is 15.7 Å². The van der Waals surface area contributed by atoms with Gasteiger partial charge in [-0.05, 0) is 54.0 Å². The third-order valence-electron chi connectivity index (χ3n) is 6.95. The number of aliphatic hydroxyl groups is 1. The van der Waals surface area contributed by atoms with Gasteiger partial charge in [0.05, 0.1) is 18.5 Å². The largest absolute Gasteiger partial charge is 0.390 e. The van der Waals surface area contributed by atoms with E-state index in [9.17, 15) is 9.50 Å². The monoisotopic (exact) mass is 465 g/mol. The molecule has 8 heteroatoms. The average molecular weight is 466 g/mol. The van der Waals surface area contributed by atoms with Crippen molar-refractivity contribution < 1.29 is 9.50 Å². The third kappa shape index (κ3) is 4.01. The second kappa shape index (κ2) is 8.82. The number of anilines is 1. The fraction of sp³-hybridized carbons (Fsp3) is 0.320. The third-order valence-corrected chi connectivity index (χ3v) is 7.22. The van der Waals surface area contributed by atoms with E-state index in [0.29, 0.717) is 22.8 Å². The van der Waals surface area contributed by atoms with Gasteiger partial charge in [-0.3, -0.25) is 0 Å². The number of rotatable bonds is 4. The van der Waals surface area contributed by atoms with Crippen molar-refractivity contribution in [2.45, 2.75) is 31.9 Å². The minimum absolute atomic E-state index is 0.0499. The number of hydrogen-bond acceptors (Lipinski definition) is 6. The van der Waals surface area contributed by atoms with Crippen molar-refractivity contribution in [1.29, 1.82) is 0 Å². The second-order valence-corrected chi connectivity index (χ2v) is 9.12. The Balaban J connectivity index is 1.32. The molecule has 33 heavy (non-hydrogen) atoms. The number of piperidine rings is 1. The lowest BCUT2D eigenvalue weighted by atomic mass is 9.73. The van der Waals surface area contributed by atoms with Crippen LogP contribution in [-0.4, -0.2) is 33.1 Å². The molecule has 2 aliphatic rings. The van der Waals surface area contributed by atoms with Crippen LogP contribution in [0.1, 0.15) is 47.0 Å². The van der Waals surface area contributed by atoms with Crippen LogP contribution in [0, 0.1) is 11.2 Å². The summed E-state index contributed by atoms with van der Waals surface area (Å²) < 4.78 is 14.1. The van der Waals surface area contributed by atoms with Crippen molar-refractivity contribution in [3.05, 3.63) is 81.8 Å². The van der Waals surface area contributed by atoms with Crippen molar-refractivity contribution >= 4 is 29.6 Å². The topological polar surface area (TPSA) is 88.2 Å². The first kappa shape index (κ1) is 21.9. The fourth-order valence-electron chi connectivity index (χ4n) is 5.09. The number of fused-ring (bicyclic) bond motifs is 1. The minimum atomic E-state index is -0.586. The number of nitrogens with zero attached hydrogens (tertiary/aromatic N) is 4. The molecule has 1 aromatic carbocycles. The normalized spacial score (nSPS) is 19.4. The maximum atomic E-state index is 14.1. The molecule has 0 unspecified atom stereocenters. The van der Waals surface area contributed by atoms with E-state index in [0.717, 1.165) is 32.4 Å². The number of benzene rings is 1. The lowest BCUT2D eigenvalue weighted by molar-refractivity contribution is 0.186. The Morgan fingerprint density at radius 1 is 1.18 bits per heavy atom. The summed E-state index contributed by atoms with van der Waals surface area (Å²) in [5.41, 5.74) is 10.7. The Bertz CT molecular complexity index is 1210. The highest BCUT2D eigenvalue weighted by atomic mass is 35.5. The van der Waals surface area contributed by atoms with Gasteiger partial charge in [0.25, 0.3) is 0 Å². The van der Waals surface area contributed by atoms with Crippen LogP contribution < -0.4 is 10.6 Å². The molecule has 1 atom stereocenters. The lowest BCUT2D eigenvalue weighted by Crippen LogP contribution is -2.45. The summed E-state index contributed by atoms with van der Waals surface area (Å²) in [5.74, 6) is 0.101. The first-order valence-electron chi connectivity index (χ1n) is 11.0. The first-order chi connectivity index (χ1) is 16.0. The molecule has 0 saturated carbocycles. The first-order valence-corrected chi connectivity index (χ1v) is 11.4. The SMILES string of the molecule is N[C@@H]1c2ccccc2CC12CCN(c1ncc(/C=C/c3ccnc(Cl)c3F)nc1CO)CC2. The van der Waals surface area contributed by atoms with E-state index in [1.807, 2.05) is 0 Å². The summed E-state index contributed by atoms with van der Waals surface area (Å²) in [7, 11) is 0. The van der Waals surface area contributed by atoms with Gasteiger partial charge in [0.1, 0.15) is 5.69 Å². The summed E-state index contributed by atoms with van der Waals surface area (Å²) in [6.45, 7) is 1.38. The molecule has 3 N–H and O–H groups in total. The number of halogens is 2. The molecule has 6 nitrogen and oxygen atoms in total. The Morgan fingerprint density at radius 2 is 1.97 bits per heavy atom. The summed E-state index contributed by atoms with van der Waals surface area (Å²) in [4.78, 5) is 15.0. The van der Waals surface area contributed by atoms with Gasteiger partial charge in [0.15, 0.2) is 16.8 Å². The zero-order valence-electron chi connectivity index (χ0n) is 18.1. The molecular formula is C25H25ClFN5O. The van der Waals surface area contributed by atoms with E-state index in [1.165, 1.54) is 23.4 Å². The molecule has 0 radical (unpaired) electrons. The van der Waals surface area contributed by atoms with Gasteiger partial charge in [-0.1, -0.05) is 35.9 Å². The maximum Gasteiger partial charge on any atom is 0.167 e. The van der Waals surface area contributed by atoms with E-state index in [1.54, 1.807) is 18.3 Å². The predicted octanol–water partition coefficient (Wildman–Crippen LogP) is 4.17. The number of nitrogens with two attached hydrogens (primary N) is 1. The molecule has 1 spiro atoms. The average Bonchev–Trinajstić information content (AvgIpc) is 3.11. The van der Waals surface area contributed by atoms with Crippen LogP contribution in [0.2, 0.25) is 5.15 Å². The highest BCUT2D eigenvalue weighted by molar-refractivity contribution is 6.29. The van der Waals surface area contributed by atoms with Crippen LogP contribution in [0.3, 0.4) is 0 Å². The van der Waals surface area contributed by atoms with E-state index >= 15 is 0 Å². The quantitative estimate of drug-likeness (QED) is 0.562. The Hall–Kier alpha value is -2.87. The second-order valence-electron chi connectivity index (χ2n) is 8.76. The van der Waals surface area contributed by atoms with Crippen LogP contribution in [0.5, 0.6) is 0 Å². The highest BCUT2D eigenvalue weighted by Crippen LogP contribution is 2.51. The highest BCUT2D eigenvalue weighted by Gasteiger charge is 2.46.